The van der Waals surface area contributed by atoms with Crippen LogP contribution in [0.4, 0.5) is 0 Å². The van der Waals surface area contributed by atoms with E-state index in [1.54, 1.807) is 0 Å². The first-order valence-corrected chi connectivity index (χ1v) is 6.13. The fourth-order valence-corrected chi connectivity index (χ4v) is 1.54. The minimum Gasteiger partial charge on any atom is -0.0967 e. The highest BCUT2D eigenvalue weighted by molar-refractivity contribution is 6.24. The van der Waals surface area contributed by atoms with Gasteiger partial charge in [-0.05, 0) is 37.3 Å². The highest BCUT2D eigenvalue weighted by atomic mass is 14.1. The number of hydrogen-bond donors (Lipinski definition) is 0. The van der Waals surface area contributed by atoms with Crippen molar-refractivity contribution in [1.82, 2.24) is 0 Å². The standard InChI is InChI=1S/C15H25B/c1-7-13(9-11(3)4)14(8-2)10-15(16)12(5)6/h8-11H,5,7,16H2,1-4,6H3/b13-9-,14-8-,15-10+. The summed E-state index contributed by atoms with van der Waals surface area (Å²) in [6, 6.07) is 0. The molecule has 0 saturated carbocycles. The molecule has 0 unspecified atom stereocenters. The Morgan fingerprint density at radius 1 is 1.38 bits per heavy atom. The maximum atomic E-state index is 3.97. The smallest absolute Gasteiger partial charge is 0.0967 e. The SMILES string of the molecule is B/C(=C/C(=C/C)C(=C\C(C)C)/CC)C(=C)C. The van der Waals surface area contributed by atoms with Crippen LogP contribution in [0.1, 0.15) is 41.0 Å². The van der Waals surface area contributed by atoms with Gasteiger partial charge in [-0.1, -0.05) is 56.6 Å². The molecule has 0 N–H and O–H groups in total. The van der Waals surface area contributed by atoms with Crippen LogP contribution in [0.3, 0.4) is 0 Å². The van der Waals surface area contributed by atoms with Gasteiger partial charge in [-0.25, -0.2) is 0 Å². The molecule has 0 spiro atoms. The molecule has 0 aromatic carbocycles. The van der Waals surface area contributed by atoms with Crippen LogP contribution < -0.4 is 0 Å². The summed E-state index contributed by atoms with van der Waals surface area (Å²) in [5, 5.41) is 0. The summed E-state index contributed by atoms with van der Waals surface area (Å²) in [5.74, 6) is 0.600. The van der Waals surface area contributed by atoms with Gasteiger partial charge in [0.15, 0.2) is 0 Å². The minimum absolute atomic E-state index is 0.600. The highest BCUT2D eigenvalue weighted by Crippen LogP contribution is 2.20. The molecule has 16 heavy (non-hydrogen) atoms. The lowest BCUT2D eigenvalue weighted by atomic mass is 9.86. The molecule has 1 heteroatoms. The van der Waals surface area contributed by atoms with E-state index in [0.717, 1.165) is 12.0 Å². The molecule has 0 aliphatic heterocycles. The molecule has 0 amide bonds. The van der Waals surface area contributed by atoms with E-state index in [0.29, 0.717) is 5.92 Å². The monoisotopic (exact) mass is 216 g/mol. The van der Waals surface area contributed by atoms with Crippen LogP contribution in [-0.2, 0) is 0 Å². The maximum Gasteiger partial charge on any atom is 0.139 e. The van der Waals surface area contributed by atoms with Crippen LogP contribution in [0.15, 0.2) is 47.0 Å². The summed E-state index contributed by atoms with van der Waals surface area (Å²) in [7, 11) is 2.12. The van der Waals surface area contributed by atoms with Crippen LogP contribution in [0.5, 0.6) is 0 Å². The first-order valence-electron chi connectivity index (χ1n) is 6.13. The van der Waals surface area contributed by atoms with Crippen molar-refractivity contribution in [2.45, 2.75) is 41.0 Å². The van der Waals surface area contributed by atoms with Gasteiger partial charge in [0.2, 0.25) is 0 Å². The van der Waals surface area contributed by atoms with Crippen LogP contribution in [0.25, 0.3) is 0 Å². The van der Waals surface area contributed by atoms with E-state index in [1.807, 2.05) is 0 Å². The molecule has 0 nitrogen and oxygen atoms in total. The second-order valence-corrected chi connectivity index (χ2v) is 4.64. The van der Waals surface area contributed by atoms with E-state index in [4.69, 9.17) is 0 Å². The molecule has 0 aromatic heterocycles. The van der Waals surface area contributed by atoms with Gasteiger partial charge in [0.05, 0.1) is 0 Å². The van der Waals surface area contributed by atoms with Crippen molar-refractivity contribution >= 4 is 7.85 Å². The summed E-state index contributed by atoms with van der Waals surface area (Å²) in [6.07, 6.45) is 7.85. The van der Waals surface area contributed by atoms with Crippen molar-refractivity contribution in [3.8, 4) is 0 Å². The Morgan fingerprint density at radius 2 is 1.94 bits per heavy atom. The molecule has 0 heterocycles. The Bertz CT molecular complexity index is 327. The number of allylic oxidation sites excluding steroid dienone is 7. The molecule has 88 valence electrons. The average Bonchev–Trinajstić information content (AvgIpc) is 2.21. The van der Waals surface area contributed by atoms with E-state index in [-0.39, 0.29) is 0 Å². The van der Waals surface area contributed by atoms with E-state index >= 15 is 0 Å². The zero-order valence-electron chi connectivity index (χ0n) is 11.7. The minimum atomic E-state index is 0.600. The van der Waals surface area contributed by atoms with Gasteiger partial charge in [-0.15, -0.1) is 0 Å². The Morgan fingerprint density at radius 3 is 2.25 bits per heavy atom. The van der Waals surface area contributed by atoms with Gasteiger partial charge in [0.1, 0.15) is 7.85 Å². The lowest BCUT2D eigenvalue weighted by molar-refractivity contribution is 0.816. The molecule has 0 bridgehead atoms. The molecular weight excluding hydrogens is 191 g/mol. The largest absolute Gasteiger partial charge is 0.139 e. The molecule has 0 aliphatic carbocycles. The third kappa shape index (κ3) is 5.20. The maximum absolute atomic E-state index is 3.97. The Hall–Kier alpha value is -0.975. The van der Waals surface area contributed by atoms with Gasteiger partial charge in [0, 0.05) is 0 Å². The molecule has 0 aliphatic rings. The second kappa shape index (κ2) is 7.32. The number of hydrogen-bond acceptors (Lipinski definition) is 0. The summed E-state index contributed by atoms with van der Waals surface area (Å²) >= 11 is 0. The molecule has 0 saturated heterocycles. The number of rotatable bonds is 5. The molecule has 0 atom stereocenters. The third-order valence-corrected chi connectivity index (χ3v) is 2.64. The van der Waals surface area contributed by atoms with Crippen LogP contribution in [0.2, 0.25) is 0 Å². The summed E-state index contributed by atoms with van der Waals surface area (Å²) in [6.45, 7) is 14.8. The van der Waals surface area contributed by atoms with Gasteiger partial charge >= 0.3 is 0 Å². The zero-order valence-corrected chi connectivity index (χ0v) is 11.7. The average molecular weight is 216 g/mol. The normalized spacial score (nSPS) is 14.5. The van der Waals surface area contributed by atoms with Gasteiger partial charge < -0.3 is 0 Å². The van der Waals surface area contributed by atoms with E-state index < -0.39 is 0 Å². The van der Waals surface area contributed by atoms with Crippen molar-refractivity contribution in [3.05, 3.63) is 47.0 Å². The summed E-state index contributed by atoms with van der Waals surface area (Å²) in [4.78, 5) is 0. The van der Waals surface area contributed by atoms with E-state index in [9.17, 15) is 0 Å². The fraction of sp³-hybridized carbons (Fsp3) is 0.467. The van der Waals surface area contributed by atoms with E-state index in [1.165, 1.54) is 16.6 Å². The van der Waals surface area contributed by atoms with Crippen molar-refractivity contribution in [1.29, 1.82) is 0 Å². The summed E-state index contributed by atoms with van der Waals surface area (Å²) in [5.41, 5.74) is 5.16. The van der Waals surface area contributed by atoms with Crippen molar-refractivity contribution in [3.63, 3.8) is 0 Å². The zero-order chi connectivity index (χ0) is 12.7. The van der Waals surface area contributed by atoms with Crippen molar-refractivity contribution < 1.29 is 0 Å². The molecule has 0 rings (SSSR count). The van der Waals surface area contributed by atoms with Gasteiger partial charge in [-0.3, -0.25) is 0 Å². The van der Waals surface area contributed by atoms with Crippen molar-refractivity contribution in [2.75, 3.05) is 0 Å². The highest BCUT2D eigenvalue weighted by Gasteiger charge is 2.01. The van der Waals surface area contributed by atoms with Gasteiger partial charge in [-0.2, -0.15) is 0 Å². The van der Waals surface area contributed by atoms with E-state index in [2.05, 4.69) is 67.3 Å². The quantitative estimate of drug-likeness (QED) is 0.481. The predicted octanol–water partition coefficient (Wildman–Crippen LogP) is 4.02. The van der Waals surface area contributed by atoms with Crippen LogP contribution in [0, 0.1) is 5.92 Å². The lowest BCUT2D eigenvalue weighted by Crippen LogP contribution is -1.92. The lowest BCUT2D eigenvalue weighted by Gasteiger charge is -2.10. The Kier molecular flexibility index (Phi) is 6.88. The molecular formula is C15H25B. The first-order chi connectivity index (χ1) is 7.42. The Balaban J connectivity index is 5.15. The third-order valence-electron chi connectivity index (χ3n) is 2.64. The fourth-order valence-electron chi connectivity index (χ4n) is 1.54. The van der Waals surface area contributed by atoms with Crippen LogP contribution >= 0.6 is 0 Å². The first kappa shape index (κ1) is 15.0. The topological polar surface area (TPSA) is 0 Å². The second-order valence-electron chi connectivity index (χ2n) is 4.64. The van der Waals surface area contributed by atoms with Crippen LogP contribution in [-0.4, -0.2) is 7.85 Å². The predicted molar refractivity (Wildman–Crippen MR) is 78.4 cm³/mol. The van der Waals surface area contributed by atoms with Gasteiger partial charge in [0.25, 0.3) is 0 Å². The summed E-state index contributed by atoms with van der Waals surface area (Å²) < 4.78 is 0. The van der Waals surface area contributed by atoms with Crippen molar-refractivity contribution in [2.24, 2.45) is 5.92 Å². The molecule has 0 aromatic rings. The molecule has 0 fully saturated rings. The molecule has 0 radical (unpaired) electrons. The Labute approximate surface area is 102 Å².